The van der Waals surface area contributed by atoms with Crippen LogP contribution in [0.1, 0.15) is 71.5 Å². The monoisotopic (exact) mass is 720 g/mol. The van der Waals surface area contributed by atoms with E-state index in [-0.39, 0.29) is 0 Å². The molecule has 2 spiro atoms. The molecule has 3 aliphatic carbocycles. The molecule has 0 saturated carbocycles. The van der Waals surface area contributed by atoms with Crippen molar-refractivity contribution in [2.45, 2.75) is 37.8 Å². The molecule has 0 radical (unpaired) electrons. The molecular weight excluding hydrogens is 685 g/mol. The van der Waals surface area contributed by atoms with Crippen LogP contribution in [-0.4, -0.2) is 9.97 Å². The van der Waals surface area contributed by atoms with Crippen molar-refractivity contribution >= 4 is 22.5 Å². The highest BCUT2D eigenvalue weighted by atomic mass is 15.1. The van der Waals surface area contributed by atoms with E-state index in [0.717, 1.165) is 91.5 Å². The molecule has 0 amide bonds. The minimum absolute atomic E-state index is 0.543. The standard InChI is InChI=1S/C50H36N6/c1-3-12-39-31(2)34-13-4-7-16-40(34)49(39)47-21-10-19-43(53-47)38-28-33(30-52)24-26-46(38)56-50(41-17-8-5-14-35(41)36-15-6-9-18-42(36)50)48-22-11-20-44(54-48)37-27-32(29-51)23-25-45(37)55-49/h3-5,7-14,16-28,55-56H,6,15H2,1-2H3/b12-3-. The van der Waals surface area contributed by atoms with E-state index in [9.17, 15) is 10.5 Å². The summed E-state index contributed by atoms with van der Waals surface area (Å²) in [5, 5.41) is 28.7. The van der Waals surface area contributed by atoms with E-state index < -0.39 is 11.1 Å². The zero-order valence-corrected chi connectivity index (χ0v) is 31.1. The van der Waals surface area contributed by atoms with Gasteiger partial charge in [0, 0.05) is 22.5 Å². The van der Waals surface area contributed by atoms with E-state index >= 15 is 0 Å². The van der Waals surface area contributed by atoms with Gasteiger partial charge in [-0.1, -0.05) is 85.0 Å². The molecule has 0 fully saturated rings. The maximum atomic E-state index is 10.2. The minimum atomic E-state index is -0.924. The Bertz CT molecular complexity index is 2760. The van der Waals surface area contributed by atoms with E-state index in [2.05, 4.69) is 127 Å². The van der Waals surface area contributed by atoms with Crippen LogP contribution in [0.5, 0.6) is 0 Å². The van der Waals surface area contributed by atoms with E-state index in [4.69, 9.17) is 9.97 Å². The van der Waals surface area contributed by atoms with Gasteiger partial charge in [0.05, 0.1) is 46.0 Å². The number of fused-ring (bicyclic) bond motifs is 16. The quantitative estimate of drug-likeness (QED) is 0.175. The summed E-state index contributed by atoms with van der Waals surface area (Å²) in [6.07, 6.45) is 10.6. The number of allylic oxidation sites excluding steroid dienone is 4. The van der Waals surface area contributed by atoms with Crippen molar-refractivity contribution in [2.24, 2.45) is 0 Å². The summed E-state index contributed by atoms with van der Waals surface area (Å²) in [4.78, 5) is 11.2. The second kappa shape index (κ2) is 12.7. The Kier molecular flexibility index (Phi) is 7.53. The second-order valence-electron chi connectivity index (χ2n) is 14.8. The van der Waals surface area contributed by atoms with Crippen molar-refractivity contribution in [3.63, 3.8) is 0 Å². The molecule has 2 atom stereocenters. The first kappa shape index (κ1) is 33.3. The summed E-state index contributed by atoms with van der Waals surface area (Å²) in [5.74, 6) is 0. The number of nitrogens with one attached hydrogen (secondary N) is 2. The zero-order valence-electron chi connectivity index (χ0n) is 31.1. The topological polar surface area (TPSA) is 97.4 Å². The van der Waals surface area contributed by atoms with Crippen LogP contribution < -0.4 is 10.6 Å². The second-order valence-corrected chi connectivity index (χ2v) is 14.8. The Hall–Kier alpha value is -7.28. The number of pyridine rings is 2. The summed E-state index contributed by atoms with van der Waals surface area (Å²) in [7, 11) is 0. The molecule has 2 aromatic heterocycles. The van der Waals surface area contributed by atoms with Crippen LogP contribution in [0, 0.1) is 22.7 Å². The molecule has 56 heavy (non-hydrogen) atoms. The lowest BCUT2D eigenvalue weighted by Crippen LogP contribution is -2.39. The molecule has 2 N–H and O–H groups in total. The molecule has 4 bridgehead atoms. The van der Waals surface area contributed by atoms with Gasteiger partial charge in [0.15, 0.2) is 0 Å². The SMILES string of the molecule is C/C=C\C1=C(C)c2ccccc2C12Nc1ccc(C#N)cc1-c1cccc(n1)C1(Nc3ccc(C#N)cc3-c3cccc2n3)C2=C(CCC=C2)c2ccccc21. The Balaban J connectivity index is 1.35. The third kappa shape index (κ3) is 4.66. The van der Waals surface area contributed by atoms with Crippen molar-refractivity contribution in [3.8, 4) is 34.7 Å². The van der Waals surface area contributed by atoms with Crippen molar-refractivity contribution in [3.05, 3.63) is 202 Å². The van der Waals surface area contributed by atoms with Crippen LogP contribution in [0.25, 0.3) is 33.7 Å². The number of anilines is 2. The van der Waals surface area contributed by atoms with Crippen LogP contribution in [-0.2, 0) is 11.1 Å². The summed E-state index contributed by atoms with van der Waals surface area (Å²) in [5.41, 5.74) is 14.9. The molecule has 6 aromatic rings. The summed E-state index contributed by atoms with van der Waals surface area (Å²) < 4.78 is 0. The third-order valence-electron chi connectivity index (χ3n) is 11.9. The molecule has 10 rings (SSSR count). The predicted molar refractivity (Wildman–Crippen MR) is 223 cm³/mol. The van der Waals surface area contributed by atoms with Gasteiger partial charge in [-0.25, -0.2) is 9.97 Å². The highest BCUT2D eigenvalue weighted by Crippen LogP contribution is 2.55. The molecule has 4 aromatic carbocycles. The van der Waals surface area contributed by atoms with Crippen molar-refractivity contribution in [1.29, 1.82) is 10.5 Å². The van der Waals surface area contributed by atoms with Gasteiger partial charge in [0.2, 0.25) is 0 Å². The van der Waals surface area contributed by atoms with Crippen LogP contribution in [0.15, 0.2) is 157 Å². The molecule has 1 aliphatic heterocycles. The van der Waals surface area contributed by atoms with Crippen LogP contribution in [0.3, 0.4) is 0 Å². The fourth-order valence-corrected chi connectivity index (χ4v) is 9.45. The van der Waals surface area contributed by atoms with Crippen LogP contribution in [0.4, 0.5) is 11.4 Å². The molecule has 4 aliphatic rings. The maximum absolute atomic E-state index is 10.2. The van der Waals surface area contributed by atoms with Crippen LogP contribution >= 0.6 is 0 Å². The molecule has 266 valence electrons. The van der Waals surface area contributed by atoms with Gasteiger partial charge in [-0.05, 0) is 132 Å². The van der Waals surface area contributed by atoms with Crippen molar-refractivity contribution in [1.82, 2.24) is 9.97 Å². The number of nitriles is 2. The summed E-state index contributed by atoms with van der Waals surface area (Å²) in [6.45, 7) is 4.21. The van der Waals surface area contributed by atoms with Gasteiger partial charge < -0.3 is 10.6 Å². The Morgan fingerprint density at radius 1 is 0.643 bits per heavy atom. The molecule has 6 heteroatoms. The van der Waals surface area contributed by atoms with E-state index in [1.54, 1.807) is 0 Å². The number of rotatable bonds is 1. The van der Waals surface area contributed by atoms with Gasteiger partial charge in [0.25, 0.3) is 0 Å². The van der Waals surface area contributed by atoms with Gasteiger partial charge in [-0.3, -0.25) is 0 Å². The Morgan fingerprint density at radius 2 is 1.21 bits per heavy atom. The largest absolute Gasteiger partial charge is 0.366 e. The highest BCUT2D eigenvalue weighted by Gasteiger charge is 2.49. The lowest BCUT2D eigenvalue weighted by molar-refractivity contribution is 0.691. The number of hydrogen-bond acceptors (Lipinski definition) is 6. The number of hydrogen-bond donors (Lipinski definition) is 2. The third-order valence-corrected chi connectivity index (χ3v) is 11.9. The summed E-state index contributed by atoms with van der Waals surface area (Å²) in [6, 6.07) is 45.9. The van der Waals surface area contributed by atoms with Gasteiger partial charge >= 0.3 is 0 Å². The normalized spacial score (nSPS) is 19.9. The average Bonchev–Trinajstić information content (AvgIpc) is 3.67. The lowest BCUT2D eigenvalue weighted by Gasteiger charge is -2.38. The van der Waals surface area contributed by atoms with Gasteiger partial charge in [0.1, 0.15) is 11.1 Å². The first-order valence-electron chi connectivity index (χ1n) is 19.0. The predicted octanol–water partition coefficient (Wildman–Crippen LogP) is 11.1. The van der Waals surface area contributed by atoms with E-state index in [1.807, 2.05) is 55.5 Å². The van der Waals surface area contributed by atoms with Crippen LogP contribution in [0.2, 0.25) is 0 Å². The Morgan fingerprint density at radius 3 is 1.84 bits per heavy atom. The zero-order chi connectivity index (χ0) is 38.0. The first-order valence-corrected chi connectivity index (χ1v) is 19.0. The smallest absolute Gasteiger partial charge is 0.132 e. The number of benzene rings is 4. The van der Waals surface area contributed by atoms with Crippen molar-refractivity contribution in [2.75, 3.05) is 10.6 Å². The fraction of sp³-hybridized carbons (Fsp3) is 0.120. The molecule has 0 saturated heterocycles. The van der Waals surface area contributed by atoms with Gasteiger partial charge in [-0.15, -0.1) is 0 Å². The van der Waals surface area contributed by atoms with E-state index in [1.165, 1.54) is 11.1 Å². The average molecular weight is 721 g/mol. The van der Waals surface area contributed by atoms with Gasteiger partial charge in [-0.2, -0.15) is 10.5 Å². The van der Waals surface area contributed by atoms with Crippen molar-refractivity contribution < 1.29 is 0 Å². The fourth-order valence-electron chi connectivity index (χ4n) is 9.45. The summed E-state index contributed by atoms with van der Waals surface area (Å²) >= 11 is 0. The molecule has 6 nitrogen and oxygen atoms in total. The maximum Gasteiger partial charge on any atom is 0.132 e. The highest BCUT2D eigenvalue weighted by molar-refractivity contribution is 5.91. The Labute approximate surface area is 326 Å². The lowest BCUT2D eigenvalue weighted by atomic mass is 9.80. The molecule has 2 unspecified atom stereocenters. The van der Waals surface area contributed by atoms with E-state index in [0.29, 0.717) is 11.1 Å². The minimum Gasteiger partial charge on any atom is -0.366 e. The molecular formula is C50H36N6. The number of nitrogens with zero attached hydrogens (tertiary/aromatic N) is 4. The molecule has 3 heterocycles. The number of aromatic nitrogens is 2. The first-order chi connectivity index (χ1) is 27.5.